The van der Waals surface area contributed by atoms with Gasteiger partial charge >= 0.3 is 0 Å². The predicted molar refractivity (Wildman–Crippen MR) is 67.7 cm³/mol. The molecule has 0 atom stereocenters. The van der Waals surface area contributed by atoms with E-state index in [4.69, 9.17) is 0 Å². The summed E-state index contributed by atoms with van der Waals surface area (Å²) in [6, 6.07) is 8.03. The minimum atomic E-state index is 0.0220. The molecule has 0 fully saturated rings. The van der Waals surface area contributed by atoms with Crippen molar-refractivity contribution in [2.24, 2.45) is 0 Å². The number of rotatable bonds is 5. The van der Waals surface area contributed by atoms with Gasteiger partial charge in [-0.1, -0.05) is 24.3 Å². The Kier molecular flexibility index (Phi) is 4.06. The Hall–Kier alpha value is -2.17. The van der Waals surface area contributed by atoms with Crippen molar-refractivity contribution in [2.75, 3.05) is 0 Å². The molecule has 0 aliphatic carbocycles. The molecule has 0 spiro atoms. The number of amides is 1. The van der Waals surface area contributed by atoms with Crippen molar-refractivity contribution in [1.29, 1.82) is 0 Å². The van der Waals surface area contributed by atoms with Crippen molar-refractivity contribution in [3.8, 4) is 0 Å². The lowest BCUT2D eigenvalue weighted by atomic mass is 10.1. The molecule has 0 unspecified atom stereocenters. The van der Waals surface area contributed by atoms with E-state index in [9.17, 15) is 4.79 Å². The summed E-state index contributed by atoms with van der Waals surface area (Å²) in [6.45, 7) is 3.17. The van der Waals surface area contributed by atoms with Gasteiger partial charge in [0.05, 0.1) is 6.54 Å². The third-order valence-corrected chi connectivity index (χ3v) is 2.77. The quantitative estimate of drug-likeness (QED) is 0.862. The van der Waals surface area contributed by atoms with E-state index in [1.54, 1.807) is 11.0 Å². The van der Waals surface area contributed by atoms with E-state index in [0.29, 0.717) is 19.5 Å². The molecule has 0 saturated carbocycles. The Morgan fingerprint density at radius 1 is 1.39 bits per heavy atom. The van der Waals surface area contributed by atoms with E-state index in [1.807, 2.05) is 31.2 Å². The highest BCUT2D eigenvalue weighted by Gasteiger charge is 2.03. The lowest BCUT2D eigenvalue weighted by Crippen LogP contribution is -2.24. The molecule has 2 rings (SSSR count). The first-order chi connectivity index (χ1) is 8.75. The van der Waals surface area contributed by atoms with Crippen LogP contribution in [0, 0.1) is 6.92 Å². The Morgan fingerprint density at radius 3 is 2.94 bits per heavy atom. The van der Waals surface area contributed by atoms with Gasteiger partial charge in [0.2, 0.25) is 5.91 Å². The van der Waals surface area contributed by atoms with Crippen LogP contribution in [0.25, 0.3) is 0 Å². The number of aryl methyl sites for hydroxylation is 2. The number of carbonyl (C=O) groups is 1. The van der Waals surface area contributed by atoms with Crippen LogP contribution < -0.4 is 5.32 Å². The van der Waals surface area contributed by atoms with Gasteiger partial charge in [0, 0.05) is 13.0 Å². The van der Waals surface area contributed by atoms with Crippen LogP contribution in [0.2, 0.25) is 0 Å². The van der Waals surface area contributed by atoms with Crippen molar-refractivity contribution < 1.29 is 4.79 Å². The second-order valence-corrected chi connectivity index (χ2v) is 4.11. The lowest BCUT2D eigenvalue weighted by Gasteiger charge is -2.07. The molecule has 0 bridgehead atoms. The molecule has 94 valence electrons. The number of benzene rings is 1. The first-order valence-corrected chi connectivity index (χ1v) is 5.89. The number of hydrogen-bond acceptors (Lipinski definition) is 3. The minimum Gasteiger partial charge on any atom is -0.352 e. The largest absolute Gasteiger partial charge is 0.352 e. The molecule has 1 heterocycles. The van der Waals surface area contributed by atoms with E-state index in [0.717, 1.165) is 5.56 Å². The fraction of sp³-hybridized carbons (Fsp3) is 0.308. The van der Waals surface area contributed by atoms with Crippen LogP contribution in [0.1, 0.15) is 17.5 Å². The monoisotopic (exact) mass is 244 g/mol. The molecule has 5 nitrogen and oxygen atoms in total. The topological polar surface area (TPSA) is 59.8 Å². The lowest BCUT2D eigenvalue weighted by molar-refractivity contribution is -0.121. The van der Waals surface area contributed by atoms with Crippen LogP contribution in [0.4, 0.5) is 0 Å². The normalized spacial score (nSPS) is 10.3. The smallest absolute Gasteiger partial charge is 0.222 e. The first-order valence-electron chi connectivity index (χ1n) is 5.89. The van der Waals surface area contributed by atoms with Crippen molar-refractivity contribution in [2.45, 2.75) is 26.4 Å². The van der Waals surface area contributed by atoms with Gasteiger partial charge in [-0.25, -0.2) is 4.98 Å². The second kappa shape index (κ2) is 5.95. The van der Waals surface area contributed by atoms with Gasteiger partial charge in [0.1, 0.15) is 12.7 Å². The summed E-state index contributed by atoms with van der Waals surface area (Å²) in [6.07, 6.45) is 3.48. The van der Waals surface area contributed by atoms with Gasteiger partial charge in [-0.05, 0) is 18.1 Å². The van der Waals surface area contributed by atoms with Crippen LogP contribution in [-0.2, 0) is 17.9 Å². The Bertz CT molecular complexity index is 507. The number of hydrogen-bond donors (Lipinski definition) is 1. The van der Waals surface area contributed by atoms with Crippen LogP contribution in [-0.4, -0.2) is 20.7 Å². The number of nitrogens with one attached hydrogen (secondary N) is 1. The molecule has 0 saturated heterocycles. The van der Waals surface area contributed by atoms with Crippen molar-refractivity contribution in [3.63, 3.8) is 0 Å². The highest BCUT2D eigenvalue weighted by molar-refractivity contribution is 5.75. The molecule has 5 heteroatoms. The van der Waals surface area contributed by atoms with Crippen molar-refractivity contribution in [1.82, 2.24) is 20.1 Å². The van der Waals surface area contributed by atoms with E-state index in [2.05, 4.69) is 15.4 Å². The highest BCUT2D eigenvalue weighted by atomic mass is 16.1. The van der Waals surface area contributed by atoms with E-state index in [-0.39, 0.29) is 5.91 Å². The maximum Gasteiger partial charge on any atom is 0.222 e. The average Bonchev–Trinajstić information content (AvgIpc) is 2.88. The fourth-order valence-corrected chi connectivity index (χ4v) is 1.65. The number of aromatic nitrogens is 3. The predicted octanol–water partition coefficient (Wildman–Crippen LogP) is 1.29. The molecule has 0 aliphatic rings. The summed E-state index contributed by atoms with van der Waals surface area (Å²) in [5, 5.41) is 6.85. The van der Waals surface area contributed by atoms with Crippen LogP contribution in [0.5, 0.6) is 0 Å². The molecule has 1 N–H and O–H groups in total. The summed E-state index contributed by atoms with van der Waals surface area (Å²) in [5.41, 5.74) is 2.33. The zero-order valence-electron chi connectivity index (χ0n) is 10.3. The molecule has 1 aromatic carbocycles. The molecule has 1 amide bonds. The maximum absolute atomic E-state index is 11.7. The Morgan fingerprint density at radius 2 is 2.22 bits per heavy atom. The van der Waals surface area contributed by atoms with Crippen LogP contribution >= 0.6 is 0 Å². The van der Waals surface area contributed by atoms with Crippen LogP contribution in [0.15, 0.2) is 36.9 Å². The molecular formula is C13H16N4O. The third kappa shape index (κ3) is 3.41. The first kappa shape index (κ1) is 12.3. The minimum absolute atomic E-state index is 0.0220. The van der Waals surface area contributed by atoms with Crippen molar-refractivity contribution in [3.05, 3.63) is 48.0 Å². The summed E-state index contributed by atoms with van der Waals surface area (Å²) in [5.74, 6) is 0.0220. The fourth-order valence-electron chi connectivity index (χ4n) is 1.65. The maximum atomic E-state index is 11.7. The summed E-state index contributed by atoms with van der Waals surface area (Å²) >= 11 is 0. The van der Waals surface area contributed by atoms with Gasteiger partial charge in [0.25, 0.3) is 0 Å². The van der Waals surface area contributed by atoms with E-state index < -0.39 is 0 Å². The molecule has 18 heavy (non-hydrogen) atoms. The molecule has 1 aromatic heterocycles. The number of carbonyl (C=O) groups excluding carboxylic acids is 1. The van der Waals surface area contributed by atoms with Crippen LogP contribution in [0.3, 0.4) is 0 Å². The summed E-state index contributed by atoms with van der Waals surface area (Å²) < 4.78 is 1.65. The zero-order chi connectivity index (χ0) is 12.8. The molecule has 0 radical (unpaired) electrons. The van der Waals surface area contributed by atoms with Crippen molar-refractivity contribution >= 4 is 5.91 Å². The standard InChI is InChI=1S/C13H16N4O/c1-11-4-2-3-5-12(11)8-15-13(18)6-7-17-10-14-9-16-17/h2-5,9-10H,6-8H2,1H3,(H,15,18). The molecule has 0 aliphatic heterocycles. The van der Waals surface area contributed by atoms with Gasteiger partial charge in [-0.3, -0.25) is 9.48 Å². The van der Waals surface area contributed by atoms with Gasteiger partial charge in [0.15, 0.2) is 0 Å². The van der Waals surface area contributed by atoms with Gasteiger partial charge < -0.3 is 5.32 Å². The zero-order valence-corrected chi connectivity index (χ0v) is 10.3. The summed E-state index contributed by atoms with van der Waals surface area (Å²) in [7, 11) is 0. The summed E-state index contributed by atoms with van der Waals surface area (Å²) in [4.78, 5) is 15.5. The van der Waals surface area contributed by atoms with Gasteiger partial charge in [-0.2, -0.15) is 5.10 Å². The van der Waals surface area contributed by atoms with E-state index >= 15 is 0 Å². The number of nitrogens with zero attached hydrogens (tertiary/aromatic N) is 3. The Balaban J connectivity index is 1.77. The molecule has 2 aromatic rings. The third-order valence-electron chi connectivity index (χ3n) is 2.77. The van der Waals surface area contributed by atoms with E-state index in [1.165, 1.54) is 11.9 Å². The second-order valence-electron chi connectivity index (χ2n) is 4.11. The molecular weight excluding hydrogens is 228 g/mol. The highest BCUT2D eigenvalue weighted by Crippen LogP contribution is 2.06. The van der Waals surface area contributed by atoms with Gasteiger partial charge in [-0.15, -0.1) is 0 Å². The Labute approximate surface area is 106 Å². The SMILES string of the molecule is Cc1ccccc1CNC(=O)CCn1cncn1. The average molecular weight is 244 g/mol.